The van der Waals surface area contributed by atoms with Crippen molar-refractivity contribution in [1.29, 1.82) is 0 Å². The molecule has 1 aromatic carbocycles. The van der Waals surface area contributed by atoms with Crippen LogP contribution in [0.5, 0.6) is 0 Å². The van der Waals surface area contributed by atoms with Crippen LogP contribution >= 0.6 is 0 Å². The van der Waals surface area contributed by atoms with Crippen LogP contribution in [-0.4, -0.2) is 30.8 Å². The van der Waals surface area contributed by atoms with E-state index in [9.17, 15) is 5.11 Å². The van der Waals surface area contributed by atoms with E-state index in [1.54, 1.807) is 0 Å². The lowest BCUT2D eigenvalue weighted by molar-refractivity contribution is 0.103. The van der Waals surface area contributed by atoms with Crippen molar-refractivity contribution in [1.82, 2.24) is 5.32 Å². The average molecular weight is 262 g/mol. The van der Waals surface area contributed by atoms with Crippen molar-refractivity contribution in [2.75, 3.05) is 24.5 Å². The number of benzene rings is 1. The molecule has 3 unspecified atom stereocenters. The summed E-state index contributed by atoms with van der Waals surface area (Å²) >= 11 is 0. The molecule has 0 aliphatic carbocycles. The summed E-state index contributed by atoms with van der Waals surface area (Å²) in [5, 5.41) is 13.6. The molecular formula is C16H26N2O. The normalized spacial score (nSPS) is 25.4. The van der Waals surface area contributed by atoms with Gasteiger partial charge in [-0.05, 0) is 37.4 Å². The summed E-state index contributed by atoms with van der Waals surface area (Å²) in [5.41, 5.74) is 2.59. The van der Waals surface area contributed by atoms with Crippen LogP contribution in [0.15, 0.2) is 24.3 Å². The van der Waals surface area contributed by atoms with Gasteiger partial charge in [0.1, 0.15) is 0 Å². The highest BCUT2D eigenvalue weighted by molar-refractivity contribution is 5.55. The molecule has 2 rings (SSSR count). The number of hydrogen-bond donors (Lipinski definition) is 2. The smallest absolute Gasteiger partial charge is 0.0741 e. The fourth-order valence-electron chi connectivity index (χ4n) is 2.83. The van der Waals surface area contributed by atoms with Crippen LogP contribution < -0.4 is 10.2 Å². The van der Waals surface area contributed by atoms with E-state index in [1.807, 2.05) is 0 Å². The van der Waals surface area contributed by atoms with Gasteiger partial charge in [0.2, 0.25) is 0 Å². The third-order valence-corrected chi connectivity index (χ3v) is 4.17. The summed E-state index contributed by atoms with van der Waals surface area (Å²) in [6, 6.07) is 8.88. The molecule has 0 radical (unpaired) electrons. The molecule has 1 saturated heterocycles. The number of nitrogens with zero attached hydrogens (tertiary/aromatic N) is 1. The van der Waals surface area contributed by atoms with Gasteiger partial charge in [0, 0.05) is 24.8 Å². The molecule has 0 amide bonds. The summed E-state index contributed by atoms with van der Waals surface area (Å²) in [6.45, 7) is 9.21. The minimum atomic E-state index is -0.212. The van der Waals surface area contributed by atoms with Crippen molar-refractivity contribution < 1.29 is 5.11 Å². The first-order valence-electron chi connectivity index (χ1n) is 7.38. The molecule has 0 bridgehead atoms. The van der Waals surface area contributed by atoms with Gasteiger partial charge in [-0.3, -0.25) is 0 Å². The molecule has 3 nitrogen and oxygen atoms in total. The summed E-state index contributed by atoms with van der Waals surface area (Å²) in [5.74, 6) is 0.412. The number of para-hydroxylation sites is 1. The standard InChI is InChI=1S/C16H26N2O/c1-4-17-13(3)14-7-5-6-8-15(14)18-10-9-12(2)16(19)11-18/h5-8,12-13,16-17,19H,4,9-11H2,1-3H3. The molecule has 1 aliphatic rings. The monoisotopic (exact) mass is 262 g/mol. The minimum absolute atomic E-state index is 0.212. The van der Waals surface area contributed by atoms with E-state index in [1.165, 1.54) is 11.3 Å². The number of rotatable bonds is 4. The fraction of sp³-hybridized carbons (Fsp3) is 0.625. The Labute approximate surface area is 116 Å². The van der Waals surface area contributed by atoms with Gasteiger partial charge in [-0.1, -0.05) is 32.0 Å². The van der Waals surface area contributed by atoms with Gasteiger partial charge in [0.25, 0.3) is 0 Å². The Morgan fingerprint density at radius 3 is 2.84 bits per heavy atom. The Morgan fingerprint density at radius 1 is 1.42 bits per heavy atom. The zero-order chi connectivity index (χ0) is 13.8. The van der Waals surface area contributed by atoms with Gasteiger partial charge in [0.15, 0.2) is 0 Å². The minimum Gasteiger partial charge on any atom is -0.391 e. The molecule has 2 N–H and O–H groups in total. The highest BCUT2D eigenvalue weighted by Gasteiger charge is 2.26. The molecule has 3 heteroatoms. The van der Waals surface area contributed by atoms with E-state index in [-0.39, 0.29) is 6.10 Å². The van der Waals surface area contributed by atoms with Crippen LogP contribution in [0.25, 0.3) is 0 Å². The first-order chi connectivity index (χ1) is 9.13. The summed E-state index contributed by atoms with van der Waals surface area (Å²) in [7, 11) is 0. The maximum absolute atomic E-state index is 10.1. The van der Waals surface area contributed by atoms with Crippen molar-refractivity contribution in [2.45, 2.75) is 39.3 Å². The largest absolute Gasteiger partial charge is 0.391 e. The Bertz CT molecular complexity index is 407. The van der Waals surface area contributed by atoms with E-state index in [0.29, 0.717) is 12.0 Å². The molecule has 0 spiro atoms. The van der Waals surface area contributed by atoms with Crippen molar-refractivity contribution in [3.05, 3.63) is 29.8 Å². The van der Waals surface area contributed by atoms with Gasteiger partial charge in [-0.15, -0.1) is 0 Å². The van der Waals surface area contributed by atoms with Crippen LogP contribution in [0.3, 0.4) is 0 Å². The molecule has 0 aromatic heterocycles. The van der Waals surface area contributed by atoms with Crippen molar-refractivity contribution in [3.8, 4) is 0 Å². The molecule has 1 heterocycles. The van der Waals surface area contributed by atoms with Gasteiger partial charge < -0.3 is 15.3 Å². The quantitative estimate of drug-likeness (QED) is 0.875. The van der Waals surface area contributed by atoms with Gasteiger partial charge in [-0.25, -0.2) is 0 Å². The fourth-order valence-corrected chi connectivity index (χ4v) is 2.83. The Morgan fingerprint density at radius 2 is 2.16 bits per heavy atom. The SMILES string of the molecule is CCNC(C)c1ccccc1N1CCC(C)C(O)C1. The second-order valence-electron chi connectivity index (χ2n) is 5.62. The first-order valence-corrected chi connectivity index (χ1v) is 7.38. The van der Waals surface area contributed by atoms with Gasteiger partial charge >= 0.3 is 0 Å². The Hall–Kier alpha value is -1.06. The van der Waals surface area contributed by atoms with E-state index in [2.05, 4.69) is 55.3 Å². The predicted molar refractivity (Wildman–Crippen MR) is 80.5 cm³/mol. The summed E-state index contributed by atoms with van der Waals surface area (Å²) < 4.78 is 0. The third kappa shape index (κ3) is 3.28. The van der Waals surface area contributed by atoms with E-state index in [4.69, 9.17) is 0 Å². The highest BCUT2D eigenvalue weighted by Crippen LogP contribution is 2.29. The topological polar surface area (TPSA) is 35.5 Å². The average Bonchev–Trinajstić information content (AvgIpc) is 2.42. The third-order valence-electron chi connectivity index (χ3n) is 4.17. The number of anilines is 1. The molecule has 1 aliphatic heterocycles. The van der Waals surface area contributed by atoms with Gasteiger partial charge in [0.05, 0.1) is 6.10 Å². The summed E-state index contributed by atoms with van der Waals surface area (Å²) in [6.07, 6.45) is 0.849. The second-order valence-corrected chi connectivity index (χ2v) is 5.62. The van der Waals surface area contributed by atoms with Crippen LogP contribution in [-0.2, 0) is 0 Å². The molecule has 0 saturated carbocycles. The second kappa shape index (κ2) is 6.40. The molecule has 19 heavy (non-hydrogen) atoms. The molecular weight excluding hydrogens is 236 g/mol. The number of aliphatic hydroxyl groups excluding tert-OH is 1. The lowest BCUT2D eigenvalue weighted by Gasteiger charge is -2.37. The zero-order valence-corrected chi connectivity index (χ0v) is 12.3. The summed E-state index contributed by atoms with van der Waals surface area (Å²) in [4.78, 5) is 2.33. The lowest BCUT2D eigenvalue weighted by atomic mass is 9.94. The van der Waals surface area contributed by atoms with Crippen LogP contribution in [0.1, 0.15) is 38.8 Å². The molecule has 106 valence electrons. The number of hydrogen-bond acceptors (Lipinski definition) is 3. The lowest BCUT2D eigenvalue weighted by Crippen LogP contribution is -2.43. The van der Waals surface area contributed by atoms with Crippen molar-refractivity contribution in [3.63, 3.8) is 0 Å². The zero-order valence-electron chi connectivity index (χ0n) is 12.3. The van der Waals surface area contributed by atoms with Crippen molar-refractivity contribution in [2.24, 2.45) is 5.92 Å². The first kappa shape index (κ1) is 14.4. The van der Waals surface area contributed by atoms with E-state index in [0.717, 1.165) is 26.1 Å². The van der Waals surface area contributed by atoms with Crippen LogP contribution in [0.2, 0.25) is 0 Å². The molecule has 3 atom stereocenters. The molecule has 1 fully saturated rings. The highest BCUT2D eigenvalue weighted by atomic mass is 16.3. The molecule has 1 aromatic rings. The van der Waals surface area contributed by atoms with E-state index < -0.39 is 0 Å². The van der Waals surface area contributed by atoms with Crippen molar-refractivity contribution >= 4 is 5.69 Å². The number of nitrogens with one attached hydrogen (secondary N) is 1. The number of aliphatic hydroxyl groups is 1. The number of piperidine rings is 1. The van der Waals surface area contributed by atoms with Gasteiger partial charge in [-0.2, -0.15) is 0 Å². The van der Waals surface area contributed by atoms with Crippen LogP contribution in [0, 0.1) is 5.92 Å². The number of β-amino-alcohol motifs (C(OH)–C–C–N with tert-alkyl or cyclic N) is 1. The Balaban J connectivity index is 2.20. The predicted octanol–water partition coefficient (Wildman–Crippen LogP) is 2.56. The Kier molecular flexibility index (Phi) is 4.83. The maximum Gasteiger partial charge on any atom is 0.0741 e. The van der Waals surface area contributed by atoms with E-state index >= 15 is 0 Å². The van der Waals surface area contributed by atoms with Crippen LogP contribution in [0.4, 0.5) is 5.69 Å². The maximum atomic E-state index is 10.1.